The molecule has 4 N–H and O–H groups in total. The lowest BCUT2D eigenvalue weighted by Gasteiger charge is -2.29. The number of carbonyl (C=O) groups is 8. The second-order valence-electron chi connectivity index (χ2n) is 11.5. The van der Waals surface area contributed by atoms with Crippen molar-refractivity contribution in [3.8, 4) is 23.0 Å². The van der Waals surface area contributed by atoms with E-state index in [0.29, 0.717) is 11.1 Å². The molecule has 2 rings (SSSR count). The Labute approximate surface area is 287 Å². The first-order chi connectivity index (χ1) is 23.3. The van der Waals surface area contributed by atoms with Crippen LogP contribution in [0.4, 0.5) is 0 Å². The summed E-state index contributed by atoms with van der Waals surface area (Å²) in [5, 5.41) is 0. The highest BCUT2D eigenvalue weighted by atomic mass is 16.6. The zero-order valence-corrected chi connectivity index (χ0v) is 28.9. The van der Waals surface area contributed by atoms with Crippen LogP contribution in [0, 0.1) is 0 Å². The van der Waals surface area contributed by atoms with Gasteiger partial charge >= 0.3 is 29.8 Å². The zero-order valence-electron chi connectivity index (χ0n) is 28.9. The summed E-state index contributed by atoms with van der Waals surface area (Å²) in [5.41, 5.74) is 7.73. The van der Waals surface area contributed by atoms with Crippen LogP contribution in [0.15, 0.2) is 36.4 Å². The summed E-state index contributed by atoms with van der Waals surface area (Å²) in [5.74, 6) is -5.69. The quantitative estimate of drug-likeness (QED) is 0.0831. The molecule has 0 radical (unpaired) electrons. The topological polar surface area (TPSA) is 231 Å². The Bertz CT molecular complexity index is 1670. The first-order valence-electron chi connectivity index (χ1n) is 15.0. The van der Waals surface area contributed by atoms with Crippen molar-refractivity contribution in [1.29, 1.82) is 0 Å². The van der Waals surface area contributed by atoms with Gasteiger partial charge in [0.05, 0.1) is 12.6 Å². The van der Waals surface area contributed by atoms with Gasteiger partial charge in [0.2, 0.25) is 11.8 Å². The lowest BCUT2D eigenvalue weighted by Crippen LogP contribution is -2.60. The van der Waals surface area contributed by atoms with E-state index in [9.17, 15) is 38.4 Å². The fourth-order valence-electron chi connectivity index (χ4n) is 4.39. The number of esters is 5. The number of hydrogen-bond donors (Lipinski definition) is 4. The number of nitrogens with one attached hydrogen (secondary N) is 4. The molecule has 2 aromatic carbocycles. The lowest BCUT2D eigenvalue weighted by atomic mass is 9.89. The highest BCUT2D eigenvalue weighted by molar-refractivity contribution is 5.97. The number of amides is 2. The number of ketones is 1. The van der Waals surface area contributed by atoms with Crippen molar-refractivity contribution in [3.63, 3.8) is 0 Å². The van der Waals surface area contributed by atoms with Gasteiger partial charge in [-0.2, -0.15) is 0 Å². The Hall–Kier alpha value is -5.68. The number of rotatable bonds is 16. The summed E-state index contributed by atoms with van der Waals surface area (Å²) in [6.45, 7) is 8.86. The molecular weight excluding hydrogens is 660 g/mol. The molecule has 0 aliphatic rings. The molecule has 0 fully saturated rings. The SMILES string of the molecule is COC(=O)C(C)(Cc1ccc(OC(C)=O)c(OC(C)=O)c1)NNC(=O)CC(=O)NNC(C)(Cc1ccc(OC(C)=O)c(OC(C)=O)c1)C(C)=O. The van der Waals surface area contributed by atoms with E-state index in [1.165, 1.54) is 65.0 Å². The minimum Gasteiger partial charge on any atom is -0.468 e. The first kappa shape index (κ1) is 40.5. The van der Waals surface area contributed by atoms with Crippen LogP contribution in [0.2, 0.25) is 0 Å². The molecule has 0 saturated carbocycles. The van der Waals surface area contributed by atoms with E-state index in [2.05, 4.69) is 21.7 Å². The fourth-order valence-corrected chi connectivity index (χ4v) is 4.39. The van der Waals surface area contributed by atoms with Gasteiger partial charge in [-0.3, -0.25) is 44.4 Å². The number of carbonyl (C=O) groups excluding carboxylic acids is 8. The van der Waals surface area contributed by atoms with Crippen LogP contribution >= 0.6 is 0 Å². The average Bonchev–Trinajstić information content (AvgIpc) is 3.00. The molecule has 17 heteroatoms. The third-order valence-electron chi connectivity index (χ3n) is 6.84. The van der Waals surface area contributed by atoms with Crippen LogP contribution in [0.1, 0.15) is 66.0 Å². The largest absolute Gasteiger partial charge is 0.468 e. The number of hydrogen-bond acceptors (Lipinski definition) is 15. The molecule has 2 atom stereocenters. The van der Waals surface area contributed by atoms with E-state index in [1.54, 1.807) is 6.07 Å². The van der Waals surface area contributed by atoms with Crippen LogP contribution in [0.3, 0.4) is 0 Å². The smallest absolute Gasteiger partial charge is 0.327 e. The molecule has 0 saturated heterocycles. The van der Waals surface area contributed by atoms with Crippen LogP contribution in [0.5, 0.6) is 23.0 Å². The minimum absolute atomic E-state index is 0.00548. The van der Waals surface area contributed by atoms with Gasteiger partial charge in [-0.05, 0) is 62.6 Å². The van der Waals surface area contributed by atoms with Gasteiger partial charge in [0.25, 0.3) is 0 Å². The van der Waals surface area contributed by atoms with Crippen molar-refractivity contribution in [2.24, 2.45) is 0 Å². The Morgan fingerprint density at radius 2 is 0.920 bits per heavy atom. The van der Waals surface area contributed by atoms with Crippen molar-refractivity contribution in [2.45, 2.75) is 78.8 Å². The number of Topliss-reactive ketones (excluding diaryl/α,β-unsaturated/α-hetero) is 1. The van der Waals surface area contributed by atoms with Crippen molar-refractivity contribution < 1.29 is 62.0 Å². The summed E-state index contributed by atoms with van der Waals surface area (Å²) < 4.78 is 25.3. The van der Waals surface area contributed by atoms with Crippen LogP contribution in [-0.2, 0) is 55.9 Å². The Morgan fingerprint density at radius 1 is 0.560 bits per heavy atom. The van der Waals surface area contributed by atoms with Gasteiger partial charge in [0, 0.05) is 34.1 Å². The number of methoxy groups -OCH3 is 1. The van der Waals surface area contributed by atoms with Gasteiger partial charge in [-0.25, -0.2) is 15.6 Å². The Balaban J connectivity index is 2.11. The van der Waals surface area contributed by atoms with Crippen LogP contribution in [0.25, 0.3) is 0 Å². The number of ether oxygens (including phenoxy) is 5. The predicted octanol–water partition coefficient (Wildman–Crippen LogP) is 1.08. The molecular formula is C33H40N4O13. The van der Waals surface area contributed by atoms with Gasteiger partial charge < -0.3 is 23.7 Å². The molecule has 50 heavy (non-hydrogen) atoms. The molecule has 2 amide bonds. The molecule has 270 valence electrons. The summed E-state index contributed by atoms with van der Waals surface area (Å²) in [7, 11) is 1.13. The number of hydrazine groups is 2. The molecule has 0 bridgehead atoms. The summed E-state index contributed by atoms with van der Waals surface area (Å²) >= 11 is 0. The normalized spacial score (nSPS) is 13.0. The van der Waals surface area contributed by atoms with E-state index in [0.717, 1.165) is 21.0 Å². The van der Waals surface area contributed by atoms with Gasteiger partial charge in [-0.1, -0.05) is 12.1 Å². The maximum absolute atomic E-state index is 12.8. The van der Waals surface area contributed by atoms with Crippen molar-refractivity contribution in [1.82, 2.24) is 21.7 Å². The van der Waals surface area contributed by atoms with Crippen molar-refractivity contribution in [2.75, 3.05) is 7.11 Å². The minimum atomic E-state index is -1.60. The maximum Gasteiger partial charge on any atom is 0.327 e. The zero-order chi connectivity index (χ0) is 37.8. The van der Waals surface area contributed by atoms with Gasteiger partial charge in [0.1, 0.15) is 12.0 Å². The summed E-state index contributed by atoms with van der Waals surface area (Å²) in [4.78, 5) is 96.8. The van der Waals surface area contributed by atoms with Gasteiger partial charge in [-0.15, -0.1) is 0 Å². The fraction of sp³-hybridized carbons (Fsp3) is 0.394. The van der Waals surface area contributed by atoms with Gasteiger partial charge in [0.15, 0.2) is 28.8 Å². The highest BCUT2D eigenvalue weighted by Crippen LogP contribution is 2.31. The molecule has 0 spiro atoms. The van der Waals surface area contributed by atoms with E-state index in [-0.39, 0.29) is 35.8 Å². The molecule has 17 nitrogen and oxygen atoms in total. The monoisotopic (exact) mass is 700 g/mol. The summed E-state index contributed by atoms with van der Waals surface area (Å²) in [6.07, 6.45) is -0.892. The second-order valence-corrected chi connectivity index (χ2v) is 11.5. The van der Waals surface area contributed by atoms with E-state index in [1.807, 2.05) is 0 Å². The molecule has 0 heterocycles. The van der Waals surface area contributed by atoms with Crippen LogP contribution < -0.4 is 40.7 Å². The standard InChI is InChI=1S/C33H40N4O13/c1-18(38)32(6,16-23-9-11-25(47-19(2)39)27(13-23)49-21(4)41)36-34-29(43)15-30(44)35-37-33(7,31(45)46-8)17-24-10-12-26(48-20(3)40)28(14-24)50-22(5)42/h9-14,36-37H,15-17H2,1-8H3,(H,34,43)(H,35,44). The average molecular weight is 701 g/mol. The first-order valence-corrected chi connectivity index (χ1v) is 15.0. The number of benzene rings is 2. The molecule has 2 unspecified atom stereocenters. The second kappa shape index (κ2) is 17.6. The van der Waals surface area contributed by atoms with E-state index in [4.69, 9.17) is 23.7 Å². The molecule has 0 aliphatic heterocycles. The highest BCUT2D eigenvalue weighted by Gasteiger charge is 2.36. The van der Waals surface area contributed by atoms with Crippen LogP contribution in [-0.4, -0.2) is 65.6 Å². The lowest BCUT2D eigenvalue weighted by molar-refractivity contribution is -0.149. The molecule has 0 aromatic heterocycles. The Morgan fingerprint density at radius 3 is 1.28 bits per heavy atom. The summed E-state index contributed by atoms with van der Waals surface area (Å²) in [6, 6.07) is 8.60. The maximum atomic E-state index is 12.8. The van der Waals surface area contributed by atoms with Crippen molar-refractivity contribution in [3.05, 3.63) is 47.5 Å². The third-order valence-corrected chi connectivity index (χ3v) is 6.84. The van der Waals surface area contributed by atoms with E-state index < -0.39 is 64.9 Å². The third kappa shape index (κ3) is 12.4. The molecule has 0 aliphatic carbocycles. The molecule has 2 aromatic rings. The van der Waals surface area contributed by atoms with E-state index >= 15 is 0 Å². The Kier molecular flexibility index (Phi) is 14.3. The van der Waals surface area contributed by atoms with Crippen molar-refractivity contribution >= 4 is 47.4 Å². The predicted molar refractivity (Wildman–Crippen MR) is 172 cm³/mol.